The van der Waals surface area contributed by atoms with Gasteiger partial charge in [0.15, 0.2) is 0 Å². The molecule has 1 aromatic rings. The lowest BCUT2D eigenvalue weighted by Gasteiger charge is -2.08. The molecule has 0 aliphatic heterocycles. The third kappa shape index (κ3) is 3.32. The van der Waals surface area contributed by atoms with Crippen molar-refractivity contribution in [2.45, 2.75) is 19.1 Å². The first-order valence-electron chi connectivity index (χ1n) is 4.29. The molecule has 1 unspecified atom stereocenters. The van der Waals surface area contributed by atoms with Gasteiger partial charge in [-0.05, 0) is 17.9 Å². The highest BCUT2D eigenvalue weighted by Crippen LogP contribution is 2.10. The first kappa shape index (κ1) is 10.9. The summed E-state index contributed by atoms with van der Waals surface area (Å²) in [6, 6.07) is 3.24. The van der Waals surface area contributed by atoms with E-state index in [4.69, 9.17) is 10.5 Å². The predicted molar refractivity (Wildman–Crippen MR) is 56.9 cm³/mol. The van der Waals surface area contributed by atoms with Gasteiger partial charge in [0.05, 0.1) is 0 Å². The van der Waals surface area contributed by atoms with E-state index < -0.39 is 6.04 Å². The topological polar surface area (TPSA) is 52.3 Å². The fourth-order valence-corrected chi connectivity index (χ4v) is 1.54. The SMILES string of the molecule is C=CCC(N)C(=O)OCc1cccs1. The number of esters is 1. The Labute approximate surface area is 87.2 Å². The first-order chi connectivity index (χ1) is 6.74. The highest BCUT2D eigenvalue weighted by atomic mass is 32.1. The Hall–Kier alpha value is -1.13. The summed E-state index contributed by atoms with van der Waals surface area (Å²) in [6.45, 7) is 3.81. The van der Waals surface area contributed by atoms with Crippen LogP contribution < -0.4 is 5.73 Å². The Kier molecular flexibility index (Phi) is 4.35. The van der Waals surface area contributed by atoms with Gasteiger partial charge in [0.2, 0.25) is 0 Å². The van der Waals surface area contributed by atoms with Crippen LogP contribution in [0.25, 0.3) is 0 Å². The molecule has 0 spiro atoms. The minimum absolute atomic E-state index is 0.307. The van der Waals surface area contributed by atoms with Crippen molar-refractivity contribution in [3.63, 3.8) is 0 Å². The number of thiophene rings is 1. The van der Waals surface area contributed by atoms with Crippen molar-refractivity contribution in [3.8, 4) is 0 Å². The fourth-order valence-electron chi connectivity index (χ4n) is 0.920. The van der Waals surface area contributed by atoms with E-state index in [0.29, 0.717) is 13.0 Å². The first-order valence-corrected chi connectivity index (χ1v) is 5.17. The number of hydrogen-bond acceptors (Lipinski definition) is 4. The summed E-state index contributed by atoms with van der Waals surface area (Å²) in [4.78, 5) is 12.3. The van der Waals surface area contributed by atoms with Gasteiger partial charge in [0.25, 0.3) is 0 Å². The minimum atomic E-state index is -0.590. The van der Waals surface area contributed by atoms with Gasteiger partial charge >= 0.3 is 5.97 Å². The maximum atomic E-state index is 11.2. The molecule has 0 fully saturated rings. The van der Waals surface area contributed by atoms with Crippen molar-refractivity contribution in [1.82, 2.24) is 0 Å². The van der Waals surface area contributed by atoms with Crippen LogP contribution in [0.5, 0.6) is 0 Å². The lowest BCUT2D eigenvalue weighted by Crippen LogP contribution is -2.31. The van der Waals surface area contributed by atoms with E-state index in [1.54, 1.807) is 17.4 Å². The Morgan fingerprint density at radius 3 is 3.14 bits per heavy atom. The molecule has 1 heterocycles. The van der Waals surface area contributed by atoms with Gasteiger partial charge in [-0.1, -0.05) is 12.1 Å². The average molecular weight is 211 g/mol. The molecule has 0 aliphatic rings. The molecule has 14 heavy (non-hydrogen) atoms. The summed E-state index contributed by atoms with van der Waals surface area (Å²) >= 11 is 1.55. The van der Waals surface area contributed by atoms with Crippen LogP contribution in [0, 0.1) is 0 Å². The molecule has 3 nitrogen and oxygen atoms in total. The van der Waals surface area contributed by atoms with Crippen LogP contribution >= 0.6 is 11.3 Å². The monoisotopic (exact) mass is 211 g/mol. The molecule has 0 aromatic carbocycles. The van der Waals surface area contributed by atoms with Gasteiger partial charge < -0.3 is 10.5 Å². The third-order valence-corrected chi connectivity index (χ3v) is 2.51. The van der Waals surface area contributed by atoms with Crippen molar-refractivity contribution in [3.05, 3.63) is 35.0 Å². The van der Waals surface area contributed by atoms with Gasteiger partial charge in [-0.3, -0.25) is 4.79 Å². The zero-order valence-corrected chi connectivity index (χ0v) is 8.63. The average Bonchev–Trinajstić information content (AvgIpc) is 2.67. The fraction of sp³-hybridized carbons (Fsp3) is 0.300. The summed E-state index contributed by atoms with van der Waals surface area (Å²) < 4.78 is 5.00. The molecule has 0 saturated carbocycles. The van der Waals surface area contributed by atoms with Crippen LogP contribution in [0.2, 0.25) is 0 Å². The highest BCUT2D eigenvalue weighted by Gasteiger charge is 2.12. The maximum absolute atomic E-state index is 11.2. The minimum Gasteiger partial charge on any atom is -0.459 e. The molecule has 1 atom stereocenters. The van der Waals surface area contributed by atoms with Gasteiger partial charge in [-0.2, -0.15) is 0 Å². The number of nitrogens with two attached hydrogens (primary N) is 1. The van der Waals surface area contributed by atoms with Crippen LogP contribution in [0.1, 0.15) is 11.3 Å². The van der Waals surface area contributed by atoms with Crippen LogP contribution in [0.4, 0.5) is 0 Å². The van der Waals surface area contributed by atoms with Gasteiger partial charge in [0.1, 0.15) is 12.6 Å². The van der Waals surface area contributed by atoms with Crippen molar-refractivity contribution in [1.29, 1.82) is 0 Å². The molecule has 4 heteroatoms. The summed E-state index contributed by atoms with van der Waals surface area (Å²) in [5, 5.41) is 1.94. The largest absolute Gasteiger partial charge is 0.459 e. The van der Waals surface area contributed by atoms with E-state index >= 15 is 0 Å². The number of ether oxygens (including phenoxy) is 1. The Morgan fingerprint density at radius 2 is 2.57 bits per heavy atom. The molecule has 0 amide bonds. The normalized spacial score (nSPS) is 12.1. The lowest BCUT2D eigenvalue weighted by molar-refractivity contribution is -0.146. The zero-order valence-electron chi connectivity index (χ0n) is 7.81. The number of rotatable bonds is 5. The second kappa shape index (κ2) is 5.57. The lowest BCUT2D eigenvalue weighted by atomic mass is 10.2. The molecular formula is C10H13NO2S. The molecule has 0 aliphatic carbocycles. The van der Waals surface area contributed by atoms with Crippen molar-refractivity contribution >= 4 is 17.3 Å². The number of carbonyl (C=O) groups is 1. The molecular weight excluding hydrogens is 198 g/mol. The third-order valence-electron chi connectivity index (χ3n) is 1.66. The van der Waals surface area contributed by atoms with E-state index in [1.165, 1.54) is 0 Å². The Bertz CT molecular complexity index is 295. The Morgan fingerprint density at radius 1 is 1.79 bits per heavy atom. The number of hydrogen-bond donors (Lipinski definition) is 1. The second-order valence-corrected chi connectivity index (χ2v) is 3.85. The van der Waals surface area contributed by atoms with Crippen molar-refractivity contribution in [2.24, 2.45) is 5.73 Å². The van der Waals surface area contributed by atoms with Gasteiger partial charge in [-0.25, -0.2) is 0 Å². The summed E-state index contributed by atoms with van der Waals surface area (Å²) in [7, 11) is 0. The smallest absolute Gasteiger partial charge is 0.323 e. The summed E-state index contributed by atoms with van der Waals surface area (Å²) in [5.41, 5.74) is 5.52. The molecule has 2 N–H and O–H groups in total. The zero-order chi connectivity index (χ0) is 10.4. The van der Waals surface area contributed by atoms with E-state index in [2.05, 4.69) is 6.58 Å². The van der Waals surface area contributed by atoms with Gasteiger partial charge in [0, 0.05) is 4.88 Å². The summed E-state index contributed by atoms with van der Waals surface area (Å²) in [6.07, 6.45) is 2.06. The standard InChI is InChI=1S/C10H13NO2S/c1-2-4-9(11)10(12)13-7-8-5-3-6-14-8/h2-3,5-6,9H,1,4,7,11H2. The predicted octanol–water partition coefficient (Wildman–Crippen LogP) is 1.69. The van der Waals surface area contributed by atoms with Crippen LogP contribution in [-0.2, 0) is 16.1 Å². The maximum Gasteiger partial charge on any atom is 0.323 e. The molecule has 76 valence electrons. The second-order valence-electron chi connectivity index (χ2n) is 2.82. The van der Waals surface area contributed by atoms with E-state index in [9.17, 15) is 4.79 Å². The van der Waals surface area contributed by atoms with E-state index in [0.717, 1.165) is 4.88 Å². The van der Waals surface area contributed by atoms with E-state index in [1.807, 2.05) is 17.5 Å². The molecule has 0 radical (unpaired) electrons. The van der Waals surface area contributed by atoms with Crippen LogP contribution in [-0.4, -0.2) is 12.0 Å². The summed E-state index contributed by atoms with van der Waals surface area (Å²) in [5.74, 6) is -0.377. The van der Waals surface area contributed by atoms with E-state index in [-0.39, 0.29) is 5.97 Å². The molecule has 0 bridgehead atoms. The molecule has 1 aromatic heterocycles. The van der Waals surface area contributed by atoms with Crippen molar-refractivity contribution < 1.29 is 9.53 Å². The van der Waals surface area contributed by atoms with Crippen LogP contribution in [0.3, 0.4) is 0 Å². The van der Waals surface area contributed by atoms with Gasteiger partial charge in [-0.15, -0.1) is 17.9 Å². The van der Waals surface area contributed by atoms with Crippen LogP contribution in [0.15, 0.2) is 30.2 Å². The molecule has 0 saturated heterocycles. The molecule has 1 rings (SSSR count). The Balaban J connectivity index is 2.31. The quantitative estimate of drug-likeness (QED) is 0.595. The highest BCUT2D eigenvalue weighted by molar-refractivity contribution is 7.09. The number of carbonyl (C=O) groups excluding carboxylic acids is 1. The van der Waals surface area contributed by atoms with Crippen molar-refractivity contribution in [2.75, 3.05) is 0 Å².